The SMILES string of the molecule is Cc1ccc2n(c1=O)[C@@H](COC1CCC(c3ccccc3)CC1)[C@@H](NS(C)(=O)=O)CC2. The Balaban J connectivity index is 1.46. The summed E-state index contributed by atoms with van der Waals surface area (Å²) >= 11 is 0. The lowest BCUT2D eigenvalue weighted by molar-refractivity contribution is -0.00168. The Kier molecular flexibility index (Phi) is 6.65. The first-order valence-corrected chi connectivity index (χ1v) is 13.1. The van der Waals surface area contributed by atoms with Gasteiger partial charge in [-0.15, -0.1) is 0 Å². The zero-order chi connectivity index (χ0) is 22.0. The molecule has 168 valence electrons. The van der Waals surface area contributed by atoms with Crippen LogP contribution in [0.25, 0.3) is 0 Å². The summed E-state index contributed by atoms with van der Waals surface area (Å²) in [6.45, 7) is 2.14. The lowest BCUT2D eigenvalue weighted by Gasteiger charge is -2.37. The second-order valence-electron chi connectivity index (χ2n) is 9.00. The van der Waals surface area contributed by atoms with Crippen molar-refractivity contribution in [3.63, 3.8) is 0 Å². The van der Waals surface area contributed by atoms with Gasteiger partial charge in [-0.25, -0.2) is 13.1 Å². The van der Waals surface area contributed by atoms with Crippen LogP contribution in [-0.4, -0.2) is 38.0 Å². The summed E-state index contributed by atoms with van der Waals surface area (Å²) in [7, 11) is -3.38. The molecule has 1 aliphatic carbocycles. The first-order valence-electron chi connectivity index (χ1n) is 11.2. The number of aryl methyl sites for hydroxylation is 2. The van der Waals surface area contributed by atoms with Crippen LogP contribution >= 0.6 is 0 Å². The normalized spacial score (nSPS) is 26.4. The van der Waals surface area contributed by atoms with E-state index >= 15 is 0 Å². The molecule has 0 radical (unpaired) electrons. The van der Waals surface area contributed by atoms with Crippen LogP contribution in [0.1, 0.15) is 60.9 Å². The van der Waals surface area contributed by atoms with E-state index in [0.29, 0.717) is 30.9 Å². The van der Waals surface area contributed by atoms with Crippen LogP contribution in [0.3, 0.4) is 0 Å². The number of pyridine rings is 1. The van der Waals surface area contributed by atoms with Gasteiger partial charge in [-0.2, -0.15) is 0 Å². The summed E-state index contributed by atoms with van der Waals surface area (Å²) in [5, 5.41) is 0. The van der Waals surface area contributed by atoms with E-state index in [1.807, 2.05) is 18.2 Å². The molecule has 31 heavy (non-hydrogen) atoms. The second-order valence-corrected chi connectivity index (χ2v) is 10.8. The van der Waals surface area contributed by atoms with Gasteiger partial charge < -0.3 is 9.30 Å². The summed E-state index contributed by atoms with van der Waals surface area (Å²) in [4.78, 5) is 12.9. The number of sulfonamides is 1. The monoisotopic (exact) mass is 444 g/mol. The van der Waals surface area contributed by atoms with Gasteiger partial charge in [-0.05, 0) is 63.0 Å². The summed E-state index contributed by atoms with van der Waals surface area (Å²) in [6.07, 6.45) is 6.76. The van der Waals surface area contributed by atoms with Crippen LogP contribution in [0.5, 0.6) is 0 Å². The lowest BCUT2D eigenvalue weighted by Crippen LogP contribution is -2.49. The second kappa shape index (κ2) is 9.27. The lowest BCUT2D eigenvalue weighted by atomic mass is 9.83. The molecule has 0 bridgehead atoms. The van der Waals surface area contributed by atoms with Gasteiger partial charge in [0.05, 0.1) is 25.0 Å². The van der Waals surface area contributed by atoms with Gasteiger partial charge in [0.1, 0.15) is 0 Å². The first-order chi connectivity index (χ1) is 14.8. The van der Waals surface area contributed by atoms with Gasteiger partial charge in [0.2, 0.25) is 10.0 Å². The smallest absolute Gasteiger partial charge is 0.254 e. The van der Waals surface area contributed by atoms with Crippen LogP contribution in [0.15, 0.2) is 47.3 Å². The Bertz CT molecular complexity index is 1060. The molecule has 6 nitrogen and oxygen atoms in total. The van der Waals surface area contributed by atoms with Gasteiger partial charge in [0.25, 0.3) is 5.56 Å². The molecule has 1 aromatic carbocycles. The Morgan fingerprint density at radius 3 is 2.42 bits per heavy atom. The number of nitrogens with zero attached hydrogens (tertiary/aromatic N) is 1. The highest BCUT2D eigenvalue weighted by Gasteiger charge is 2.33. The number of hydrogen-bond acceptors (Lipinski definition) is 4. The van der Waals surface area contributed by atoms with Crippen molar-refractivity contribution in [3.8, 4) is 0 Å². The van der Waals surface area contributed by atoms with Gasteiger partial charge in [-0.1, -0.05) is 36.4 Å². The van der Waals surface area contributed by atoms with Crippen molar-refractivity contribution in [1.29, 1.82) is 0 Å². The number of rotatable bonds is 6. The van der Waals surface area contributed by atoms with Crippen LogP contribution in [0.2, 0.25) is 0 Å². The maximum absolute atomic E-state index is 12.9. The summed E-state index contributed by atoms with van der Waals surface area (Å²) in [5.41, 5.74) is 2.95. The van der Waals surface area contributed by atoms with Gasteiger partial charge >= 0.3 is 0 Å². The molecule has 0 unspecified atom stereocenters. The van der Waals surface area contributed by atoms with E-state index in [1.54, 1.807) is 11.5 Å². The molecule has 1 fully saturated rings. The van der Waals surface area contributed by atoms with Gasteiger partial charge in [0.15, 0.2) is 0 Å². The molecule has 7 heteroatoms. The van der Waals surface area contributed by atoms with E-state index < -0.39 is 10.0 Å². The van der Waals surface area contributed by atoms with Crippen molar-refractivity contribution in [2.45, 2.75) is 69.6 Å². The Morgan fingerprint density at radius 2 is 1.74 bits per heavy atom. The molecule has 0 amide bonds. The molecule has 1 aliphatic heterocycles. The molecule has 0 spiro atoms. The van der Waals surface area contributed by atoms with Gasteiger partial charge in [-0.3, -0.25) is 4.79 Å². The Morgan fingerprint density at radius 1 is 1.03 bits per heavy atom. The van der Waals surface area contributed by atoms with Crippen molar-refractivity contribution < 1.29 is 13.2 Å². The first kappa shape index (κ1) is 22.2. The predicted octanol–water partition coefficient (Wildman–Crippen LogP) is 3.30. The van der Waals surface area contributed by atoms with E-state index in [4.69, 9.17) is 4.74 Å². The number of aromatic nitrogens is 1. The maximum Gasteiger partial charge on any atom is 0.254 e. The van der Waals surface area contributed by atoms with Crippen molar-refractivity contribution in [2.24, 2.45) is 0 Å². The van der Waals surface area contributed by atoms with E-state index in [0.717, 1.165) is 31.4 Å². The summed E-state index contributed by atoms with van der Waals surface area (Å²) in [6, 6.07) is 13.8. The molecular weight excluding hydrogens is 412 g/mol. The van der Waals surface area contributed by atoms with Crippen molar-refractivity contribution in [3.05, 3.63) is 69.6 Å². The van der Waals surface area contributed by atoms with Crippen LogP contribution in [-0.2, 0) is 21.2 Å². The Hall–Kier alpha value is -1.96. The average molecular weight is 445 g/mol. The molecule has 2 aliphatic rings. The molecule has 2 atom stereocenters. The highest BCUT2D eigenvalue weighted by atomic mass is 32.2. The van der Waals surface area contributed by atoms with Gasteiger partial charge in [0, 0.05) is 17.3 Å². The third-order valence-electron chi connectivity index (χ3n) is 6.71. The molecular formula is C24H32N2O4S. The van der Waals surface area contributed by atoms with E-state index in [1.165, 1.54) is 11.8 Å². The van der Waals surface area contributed by atoms with Crippen molar-refractivity contribution >= 4 is 10.0 Å². The predicted molar refractivity (Wildman–Crippen MR) is 122 cm³/mol. The van der Waals surface area contributed by atoms with Crippen LogP contribution in [0.4, 0.5) is 0 Å². The van der Waals surface area contributed by atoms with E-state index in [-0.39, 0.29) is 23.7 Å². The summed E-state index contributed by atoms with van der Waals surface area (Å²) in [5.74, 6) is 0.571. The Labute approximate surface area is 184 Å². The number of fused-ring (bicyclic) bond motifs is 1. The number of ether oxygens (including phenoxy) is 1. The highest BCUT2D eigenvalue weighted by Crippen LogP contribution is 2.34. The van der Waals surface area contributed by atoms with E-state index in [2.05, 4.69) is 29.0 Å². The van der Waals surface area contributed by atoms with Crippen LogP contribution < -0.4 is 10.3 Å². The number of hydrogen-bond donors (Lipinski definition) is 1. The quantitative estimate of drug-likeness (QED) is 0.742. The van der Waals surface area contributed by atoms with Crippen molar-refractivity contribution in [2.75, 3.05) is 12.9 Å². The molecule has 1 N–H and O–H groups in total. The highest BCUT2D eigenvalue weighted by molar-refractivity contribution is 7.88. The average Bonchev–Trinajstić information content (AvgIpc) is 2.75. The minimum Gasteiger partial charge on any atom is -0.376 e. The largest absolute Gasteiger partial charge is 0.376 e. The molecule has 1 saturated carbocycles. The minimum absolute atomic E-state index is 0.0566. The molecule has 0 saturated heterocycles. The summed E-state index contributed by atoms with van der Waals surface area (Å²) < 4.78 is 34.7. The fraction of sp³-hybridized carbons (Fsp3) is 0.542. The standard InChI is InChI=1S/C24H32N2O4S/c1-17-8-11-20-12-15-22(25-31(2,28)29)23(26(20)24(17)27)16-30-21-13-9-19(10-14-21)18-6-4-3-5-7-18/h3-8,11,19,21-23,25H,9-10,12-16H2,1-2H3/t19?,21?,22-,23-/m0/s1. The fourth-order valence-corrected chi connectivity index (χ4v) is 5.89. The molecule has 2 heterocycles. The van der Waals surface area contributed by atoms with Crippen molar-refractivity contribution in [1.82, 2.24) is 9.29 Å². The molecule has 1 aromatic heterocycles. The zero-order valence-electron chi connectivity index (χ0n) is 18.3. The third-order valence-corrected chi connectivity index (χ3v) is 7.44. The number of benzene rings is 1. The van der Waals surface area contributed by atoms with E-state index in [9.17, 15) is 13.2 Å². The van der Waals surface area contributed by atoms with Crippen LogP contribution in [0, 0.1) is 6.92 Å². The fourth-order valence-electron chi connectivity index (χ4n) is 5.06. The number of nitrogens with one attached hydrogen (secondary N) is 1. The maximum atomic E-state index is 12.9. The minimum atomic E-state index is -3.38. The topological polar surface area (TPSA) is 77.4 Å². The third kappa shape index (κ3) is 5.27. The molecule has 4 rings (SSSR count). The molecule has 2 aromatic rings. The zero-order valence-corrected chi connectivity index (χ0v) is 19.1.